The number of ketones is 1. The molecule has 0 aromatic heterocycles. The lowest BCUT2D eigenvalue weighted by atomic mass is 10.1. The van der Waals surface area contributed by atoms with E-state index in [-0.39, 0.29) is 5.78 Å². The van der Waals surface area contributed by atoms with Crippen LogP contribution in [0.25, 0.3) is 0 Å². The van der Waals surface area contributed by atoms with Crippen molar-refractivity contribution in [2.75, 3.05) is 25.0 Å². The van der Waals surface area contributed by atoms with Crippen molar-refractivity contribution in [1.29, 1.82) is 0 Å². The number of benzene rings is 1. The Hall–Kier alpha value is -1.35. The number of anilines is 1. The highest BCUT2D eigenvalue weighted by atomic mass is 16.1. The summed E-state index contributed by atoms with van der Waals surface area (Å²) in [5.74, 6) is 0.127. The first-order chi connectivity index (χ1) is 8.49. The SMILES string of the molecule is CC(=O)c1ccc(N2C[C@@H](C)N(C)[C@@H](C)C2)cc1. The van der Waals surface area contributed by atoms with Crippen LogP contribution in [-0.4, -0.2) is 42.9 Å². The zero-order chi connectivity index (χ0) is 13.3. The van der Waals surface area contributed by atoms with Crippen LogP contribution in [0.15, 0.2) is 24.3 Å². The predicted octanol–water partition coefficient (Wildman–Crippen LogP) is 2.42. The van der Waals surface area contributed by atoms with E-state index in [1.165, 1.54) is 5.69 Å². The molecule has 0 N–H and O–H groups in total. The van der Waals surface area contributed by atoms with E-state index in [4.69, 9.17) is 0 Å². The van der Waals surface area contributed by atoms with E-state index >= 15 is 0 Å². The maximum absolute atomic E-state index is 11.3. The second-order valence-corrected chi connectivity index (χ2v) is 5.37. The van der Waals surface area contributed by atoms with Gasteiger partial charge in [0.1, 0.15) is 0 Å². The van der Waals surface area contributed by atoms with Crippen molar-refractivity contribution in [2.45, 2.75) is 32.9 Å². The highest BCUT2D eigenvalue weighted by Gasteiger charge is 2.26. The zero-order valence-corrected chi connectivity index (χ0v) is 11.7. The molecule has 0 spiro atoms. The fourth-order valence-corrected chi connectivity index (χ4v) is 2.52. The van der Waals surface area contributed by atoms with Gasteiger partial charge in [0.15, 0.2) is 5.78 Å². The quantitative estimate of drug-likeness (QED) is 0.749. The monoisotopic (exact) mass is 246 g/mol. The molecular formula is C15H22N2O. The summed E-state index contributed by atoms with van der Waals surface area (Å²) in [5, 5.41) is 0. The van der Waals surface area contributed by atoms with Crippen LogP contribution in [0, 0.1) is 0 Å². The second-order valence-electron chi connectivity index (χ2n) is 5.37. The number of piperazine rings is 1. The highest BCUT2D eigenvalue weighted by Crippen LogP contribution is 2.21. The molecule has 1 aromatic carbocycles. The summed E-state index contributed by atoms with van der Waals surface area (Å²) in [5.41, 5.74) is 2.00. The Labute approximate surface area is 109 Å². The van der Waals surface area contributed by atoms with Gasteiger partial charge in [0.25, 0.3) is 0 Å². The smallest absolute Gasteiger partial charge is 0.159 e. The maximum atomic E-state index is 11.3. The van der Waals surface area contributed by atoms with Crippen molar-refractivity contribution < 1.29 is 4.79 Å². The van der Waals surface area contributed by atoms with Gasteiger partial charge >= 0.3 is 0 Å². The lowest BCUT2D eigenvalue weighted by molar-refractivity contribution is 0.101. The van der Waals surface area contributed by atoms with Crippen LogP contribution >= 0.6 is 0 Å². The van der Waals surface area contributed by atoms with Crippen molar-refractivity contribution in [3.05, 3.63) is 29.8 Å². The molecule has 0 radical (unpaired) electrons. The molecule has 1 aliphatic heterocycles. The molecule has 0 unspecified atom stereocenters. The van der Waals surface area contributed by atoms with Crippen LogP contribution in [0.2, 0.25) is 0 Å². The molecule has 1 aromatic rings. The van der Waals surface area contributed by atoms with Crippen LogP contribution in [0.1, 0.15) is 31.1 Å². The highest BCUT2D eigenvalue weighted by molar-refractivity contribution is 5.94. The van der Waals surface area contributed by atoms with E-state index in [1.807, 2.05) is 12.1 Å². The van der Waals surface area contributed by atoms with E-state index in [9.17, 15) is 4.79 Å². The summed E-state index contributed by atoms with van der Waals surface area (Å²) in [7, 11) is 2.19. The number of likely N-dealkylation sites (N-methyl/N-ethyl adjacent to an activating group) is 1. The van der Waals surface area contributed by atoms with Crippen LogP contribution in [0.5, 0.6) is 0 Å². The van der Waals surface area contributed by atoms with Gasteiger partial charge in [0, 0.05) is 36.4 Å². The average molecular weight is 246 g/mol. The van der Waals surface area contributed by atoms with Crippen molar-refractivity contribution in [3.63, 3.8) is 0 Å². The lowest BCUT2D eigenvalue weighted by Gasteiger charge is -2.43. The van der Waals surface area contributed by atoms with Crippen molar-refractivity contribution in [2.24, 2.45) is 0 Å². The standard InChI is InChI=1S/C15H22N2O/c1-11-9-17(10-12(2)16(11)4)15-7-5-14(6-8-15)13(3)18/h5-8,11-12H,9-10H2,1-4H3/t11-,12+. The van der Waals surface area contributed by atoms with Gasteiger partial charge in [-0.2, -0.15) is 0 Å². The Morgan fingerprint density at radius 2 is 1.61 bits per heavy atom. The Morgan fingerprint density at radius 1 is 1.11 bits per heavy atom. The number of carbonyl (C=O) groups excluding carboxylic acids is 1. The molecule has 1 heterocycles. The molecule has 2 atom stereocenters. The first-order valence-corrected chi connectivity index (χ1v) is 6.57. The molecule has 1 fully saturated rings. The van der Waals surface area contributed by atoms with Crippen LogP contribution < -0.4 is 4.90 Å². The molecule has 0 saturated carbocycles. The largest absolute Gasteiger partial charge is 0.368 e. The second kappa shape index (κ2) is 5.11. The fraction of sp³-hybridized carbons (Fsp3) is 0.533. The van der Waals surface area contributed by atoms with Crippen molar-refractivity contribution in [3.8, 4) is 0 Å². The Morgan fingerprint density at radius 3 is 2.06 bits per heavy atom. The third-order valence-corrected chi connectivity index (χ3v) is 4.00. The minimum atomic E-state index is 0.127. The summed E-state index contributed by atoms with van der Waals surface area (Å²) < 4.78 is 0. The van der Waals surface area contributed by atoms with Crippen LogP contribution in [0.4, 0.5) is 5.69 Å². The fourth-order valence-electron chi connectivity index (χ4n) is 2.52. The number of rotatable bonds is 2. The summed E-state index contributed by atoms with van der Waals surface area (Å²) in [6, 6.07) is 9.07. The molecule has 98 valence electrons. The Kier molecular flexibility index (Phi) is 3.71. The molecule has 3 heteroatoms. The van der Waals surface area contributed by atoms with Gasteiger partial charge in [0.2, 0.25) is 0 Å². The molecule has 0 bridgehead atoms. The molecule has 0 aliphatic carbocycles. The molecule has 2 rings (SSSR count). The minimum absolute atomic E-state index is 0.127. The van der Waals surface area contributed by atoms with Gasteiger partial charge in [-0.25, -0.2) is 0 Å². The number of Topliss-reactive ketones (excluding diaryl/α,β-unsaturated/α-hetero) is 1. The number of hydrogen-bond acceptors (Lipinski definition) is 3. The molecular weight excluding hydrogens is 224 g/mol. The van der Waals surface area contributed by atoms with Gasteiger partial charge in [-0.15, -0.1) is 0 Å². The van der Waals surface area contributed by atoms with Gasteiger partial charge in [-0.05, 0) is 52.1 Å². The van der Waals surface area contributed by atoms with Gasteiger partial charge < -0.3 is 4.90 Å². The summed E-state index contributed by atoms with van der Waals surface area (Å²) >= 11 is 0. The summed E-state index contributed by atoms with van der Waals surface area (Å²) in [4.78, 5) is 16.1. The third kappa shape index (κ3) is 2.56. The van der Waals surface area contributed by atoms with E-state index in [2.05, 4.69) is 42.8 Å². The molecule has 18 heavy (non-hydrogen) atoms. The molecule has 1 saturated heterocycles. The van der Waals surface area contributed by atoms with E-state index < -0.39 is 0 Å². The number of hydrogen-bond donors (Lipinski definition) is 0. The van der Waals surface area contributed by atoms with Gasteiger partial charge in [0.05, 0.1) is 0 Å². The Bertz CT molecular complexity index is 415. The van der Waals surface area contributed by atoms with Crippen LogP contribution in [-0.2, 0) is 0 Å². The van der Waals surface area contributed by atoms with Crippen LogP contribution in [0.3, 0.4) is 0 Å². The van der Waals surface area contributed by atoms with E-state index in [1.54, 1.807) is 6.92 Å². The lowest BCUT2D eigenvalue weighted by Crippen LogP contribution is -2.55. The molecule has 0 amide bonds. The molecule has 1 aliphatic rings. The van der Waals surface area contributed by atoms with Gasteiger partial charge in [-0.3, -0.25) is 9.69 Å². The topological polar surface area (TPSA) is 23.6 Å². The zero-order valence-electron chi connectivity index (χ0n) is 11.7. The molecule has 3 nitrogen and oxygen atoms in total. The maximum Gasteiger partial charge on any atom is 0.159 e. The number of carbonyl (C=O) groups is 1. The van der Waals surface area contributed by atoms with E-state index in [0.29, 0.717) is 12.1 Å². The van der Waals surface area contributed by atoms with Gasteiger partial charge in [-0.1, -0.05) is 0 Å². The Balaban J connectivity index is 2.14. The van der Waals surface area contributed by atoms with Crippen molar-refractivity contribution in [1.82, 2.24) is 4.90 Å². The van der Waals surface area contributed by atoms with E-state index in [0.717, 1.165) is 18.7 Å². The predicted molar refractivity (Wildman–Crippen MR) is 75.3 cm³/mol. The first kappa shape index (κ1) is 13.1. The van der Waals surface area contributed by atoms with Crippen molar-refractivity contribution >= 4 is 11.5 Å². The minimum Gasteiger partial charge on any atom is -0.368 e. The summed E-state index contributed by atoms with van der Waals surface area (Å²) in [6.45, 7) is 8.20. The average Bonchev–Trinajstić information content (AvgIpc) is 2.35. The first-order valence-electron chi connectivity index (χ1n) is 6.57. The summed E-state index contributed by atoms with van der Waals surface area (Å²) in [6.07, 6.45) is 0. The number of nitrogens with zero attached hydrogens (tertiary/aromatic N) is 2. The third-order valence-electron chi connectivity index (χ3n) is 4.00. The normalized spacial score (nSPS) is 25.2.